The van der Waals surface area contributed by atoms with Gasteiger partial charge in [0.25, 0.3) is 0 Å². The monoisotopic (exact) mass is 248 g/mol. The van der Waals surface area contributed by atoms with E-state index in [9.17, 15) is 4.79 Å². The van der Waals surface area contributed by atoms with Crippen LogP contribution in [-0.4, -0.2) is 23.9 Å². The topological polar surface area (TPSA) is 46.3 Å². The average Bonchev–Trinajstić information content (AvgIpc) is 2.37. The highest BCUT2D eigenvalue weighted by Gasteiger charge is 2.14. The Morgan fingerprint density at radius 3 is 2.50 bits per heavy atom. The molecule has 0 bridgehead atoms. The molecule has 3 heteroatoms. The van der Waals surface area contributed by atoms with E-state index in [1.54, 1.807) is 0 Å². The summed E-state index contributed by atoms with van der Waals surface area (Å²) in [5, 5.41) is 0. The Balaban J connectivity index is 2.43. The van der Waals surface area contributed by atoms with Gasteiger partial charge in [0, 0.05) is 25.2 Å². The van der Waals surface area contributed by atoms with Gasteiger partial charge in [0.2, 0.25) is 5.91 Å². The van der Waals surface area contributed by atoms with Crippen molar-refractivity contribution in [3.05, 3.63) is 29.8 Å². The van der Waals surface area contributed by atoms with Gasteiger partial charge in [-0.25, -0.2) is 0 Å². The van der Waals surface area contributed by atoms with Crippen LogP contribution in [0.25, 0.3) is 0 Å². The number of carbonyl (C=O) groups is 1. The number of anilines is 1. The Morgan fingerprint density at radius 2 is 1.94 bits per heavy atom. The minimum Gasteiger partial charge on any atom is -0.399 e. The molecule has 3 nitrogen and oxygen atoms in total. The van der Waals surface area contributed by atoms with Crippen LogP contribution in [0.15, 0.2) is 24.3 Å². The van der Waals surface area contributed by atoms with Crippen molar-refractivity contribution in [2.24, 2.45) is 0 Å². The summed E-state index contributed by atoms with van der Waals surface area (Å²) in [5.74, 6) is 0.216. The lowest BCUT2D eigenvalue weighted by Crippen LogP contribution is -2.35. The molecule has 1 aromatic carbocycles. The van der Waals surface area contributed by atoms with Gasteiger partial charge >= 0.3 is 0 Å². The van der Waals surface area contributed by atoms with Gasteiger partial charge < -0.3 is 10.6 Å². The molecule has 0 saturated heterocycles. The zero-order valence-corrected chi connectivity index (χ0v) is 11.6. The minimum atomic E-state index is 0.216. The number of nitrogens with zero attached hydrogens (tertiary/aromatic N) is 1. The molecule has 1 aromatic rings. The highest BCUT2D eigenvalue weighted by molar-refractivity contribution is 5.76. The summed E-state index contributed by atoms with van der Waals surface area (Å²) in [7, 11) is 1.89. The Morgan fingerprint density at radius 1 is 1.33 bits per heavy atom. The van der Waals surface area contributed by atoms with Crippen LogP contribution >= 0.6 is 0 Å². The van der Waals surface area contributed by atoms with Gasteiger partial charge in [-0.1, -0.05) is 25.5 Å². The molecule has 0 spiro atoms. The number of hydrogen-bond acceptors (Lipinski definition) is 2. The number of amides is 1. The molecule has 0 aromatic heterocycles. The molecular formula is C15H24N2O. The molecule has 0 heterocycles. The van der Waals surface area contributed by atoms with Crippen LogP contribution in [0.3, 0.4) is 0 Å². The number of nitrogens with two attached hydrogens (primary N) is 1. The number of carbonyl (C=O) groups excluding carboxylic acids is 1. The quantitative estimate of drug-likeness (QED) is 0.787. The first-order valence-corrected chi connectivity index (χ1v) is 6.64. The highest BCUT2D eigenvalue weighted by Crippen LogP contribution is 2.10. The van der Waals surface area contributed by atoms with Gasteiger partial charge in [-0.3, -0.25) is 4.79 Å². The Bertz CT molecular complexity index is 373. The van der Waals surface area contributed by atoms with Gasteiger partial charge in [-0.05, 0) is 37.5 Å². The van der Waals surface area contributed by atoms with Crippen LogP contribution in [0, 0.1) is 0 Å². The fourth-order valence-corrected chi connectivity index (χ4v) is 1.97. The van der Waals surface area contributed by atoms with Crippen LogP contribution in [0.1, 0.15) is 38.7 Å². The van der Waals surface area contributed by atoms with Crippen LogP contribution in [-0.2, 0) is 11.2 Å². The number of nitrogen functional groups attached to an aromatic ring is 1. The number of aryl methyl sites for hydroxylation is 1. The van der Waals surface area contributed by atoms with Crippen molar-refractivity contribution in [3.8, 4) is 0 Å². The smallest absolute Gasteiger partial charge is 0.222 e. The molecule has 1 unspecified atom stereocenters. The SMILES string of the molecule is CCCC(C)N(C)C(=O)CCc1ccc(N)cc1. The van der Waals surface area contributed by atoms with E-state index >= 15 is 0 Å². The van der Waals surface area contributed by atoms with E-state index in [1.165, 1.54) is 0 Å². The summed E-state index contributed by atoms with van der Waals surface area (Å²) in [6.07, 6.45) is 3.51. The van der Waals surface area contributed by atoms with Crippen molar-refractivity contribution in [1.29, 1.82) is 0 Å². The van der Waals surface area contributed by atoms with Gasteiger partial charge in [0.1, 0.15) is 0 Å². The van der Waals surface area contributed by atoms with Crippen molar-refractivity contribution in [1.82, 2.24) is 4.90 Å². The summed E-state index contributed by atoms with van der Waals surface area (Å²) < 4.78 is 0. The van der Waals surface area contributed by atoms with Gasteiger partial charge in [0.15, 0.2) is 0 Å². The molecule has 0 aliphatic carbocycles. The lowest BCUT2D eigenvalue weighted by Gasteiger charge is -2.24. The third kappa shape index (κ3) is 4.40. The van der Waals surface area contributed by atoms with E-state index in [-0.39, 0.29) is 5.91 Å². The fourth-order valence-electron chi connectivity index (χ4n) is 1.97. The van der Waals surface area contributed by atoms with Crippen molar-refractivity contribution < 1.29 is 4.79 Å². The van der Waals surface area contributed by atoms with Crippen LogP contribution < -0.4 is 5.73 Å². The number of hydrogen-bond donors (Lipinski definition) is 1. The van der Waals surface area contributed by atoms with Crippen molar-refractivity contribution in [2.75, 3.05) is 12.8 Å². The van der Waals surface area contributed by atoms with E-state index < -0.39 is 0 Å². The summed E-state index contributed by atoms with van der Waals surface area (Å²) in [5.41, 5.74) is 7.55. The van der Waals surface area contributed by atoms with Gasteiger partial charge in [-0.2, -0.15) is 0 Å². The predicted molar refractivity (Wildman–Crippen MR) is 76.3 cm³/mol. The lowest BCUT2D eigenvalue weighted by atomic mass is 10.1. The first-order valence-electron chi connectivity index (χ1n) is 6.64. The second kappa shape index (κ2) is 7.04. The maximum Gasteiger partial charge on any atom is 0.222 e. The van der Waals surface area contributed by atoms with Gasteiger partial charge in [-0.15, -0.1) is 0 Å². The fraction of sp³-hybridized carbons (Fsp3) is 0.533. The highest BCUT2D eigenvalue weighted by atomic mass is 16.2. The zero-order chi connectivity index (χ0) is 13.5. The molecule has 18 heavy (non-hydrogen) atoms. The molecule has 0 saturated carbocycles. The molecular weight excluding hydrogens is 224 g/mol. The normalized spacial score (nSPS) is 12.2. The maximum atomic E-state index is 12.0. The van der Waals surface area contributed by atoms with E-state index in [0.29, 0.717) is 12.5 Å². The van der Waals surface area contributed by atoms with E-state index in [2.05, 4.69) is 13.8 Å². The lowest BCUT2D eigenvalue weighted by molar-refractivity contribution is -0.131. The summed E-state index contributed by atoms with van der Waals surface area (Å²) in [6.45, 7) is 4.24. The first-order chi connectivity index (χ1) is 8.54. The largest absolute Gasteiger partial charge is 0.399 e. The minimum absolute atomic E-state index is 0.216. The number of benzene rings is 1. The van der Waals surface area contributed by atoms with Crippen LogP contribution in [0.2, 0.25) is 0 Å². The number of rotatable bonds is 6. The van der Waals surface area contributed by atoms with E-state index in [1.807, 2.05) is 36.2 Å². The second-order valence-electron chi connectivity index (χ2n) is 4.88. The van der Waals surface area contributed by atoms with Crippen molar-refractivity contribution >= 4 is 11.6 Å². The second-order valence-corrected chi connectivity index (χ2v) is 4.88. The predicted octanol–water partition coefficient (Wildman–Crippen LogP) is 2.85. The molecule has 2 N–H and O–H groups in total. The summed E-state index contributed by atoms with van der Waals surface area (Å²) in [6, 6.07) is 8.05. The Kier molecular flexibility index (Phi) is 5.69. The zero-order valence-electron chi connectivity index (χ0n) is 11.6. The third-order valence-electron chi connectivity index (χ3n) is 3.37. The molecule has 0 fully saturated rings. The molecule has 1 amide bonds. The van der Waals surface area contributed by atoms with E-state index in [0.717, 1.165) is 30.5 Å². The van der Waals surface area contributed by atoms with Crippen molar-refractivity contribution in [3.63, 3.8) is 0 Å². The average molecular weight is 248 g/mol. The maximum absolute atomic E-state index is 12.0. The summed E-state index contributed by atoms with van der Waals surface area (Å²) in [4.78, 5) is 13.9. The molecule has 0 aliphatic rings. The Labute approximate surface area is 110 Å². The summed E-state index contributed by atoms with van der Waals surface area (Å²) >= 11 is 0. The molecule has 1 rings (SSSR count). The molecule has 0 radical (unpaired) electrons. The van der Waals surface area contributed by atoms with Crippen LogP contribution in [0.4, 0.5) is 5.69 Å². The van der Waals surface area contributed by atoms with E-state index in [4.69, 9.17) is 5.73 Å². The molecule has 0 aliphatic heterocycles. The molecule has 100 valence electrons. The van der Waals surface area contributed by atoms with Crippen LogP contribution in [0.5, 0.6) is 0 Å². The Hall–Kier alpha value is -1.51. The van der Waals surface area contributed by atoms with Gasteiger partial charge in [0.05, 0.1) is 0 Å². The van der Waals surface area contributed by atoms with Crippen molar-refractivity contribution in [2.45, 2.75) is 45.6 Å². The standard InChI is InChI=1S/C15H24N2O/c1-4-5-12(2)17(3)15(18)11-8-13-6-9-14(16)10-7-13/h6-7,9-10,12H,4-5,8,11,16H2,1-3H3. The first kappa shape index (κ1) is 14.6. The third-order valence-corrected chi connectivity index (χ3v) is 3.37. The molecule has 1 atom stereocenters.